The largest absolute Gasteiger partial charge is 0.490 e. The molecule has 3 aromatic carbocycles. The SMILES string of the molecule is CC(NC[C@H](Cc1ccccc1)NC(=O)c1cc(C(=O)N[C@H](C)c2ccc(Br)cc2)cc(N(C)S(C)(=O)=O)c1)C(=O)N[C@H](C(=O)NCC(F)(F)F)C(C)C.O=C(O)C(F)(F)F. The third kappa shape index (κ3) is 18.1. The van der Waals surface area contributed by atoms with E-state index in [2.05, 4.69) is 37.2 Å². The predicted molar refractivity (Wildman–Crippen MR) is 218 cm³/mol. The van der Waals surface area contributed by atoms with Gasteiger partial charge in [0.15, 0.2) is 0 Å². The summed E-state index contributed by atoms with van der Waals surface area (Å²) < 4.78 is 96.6. The van der Waals surface area contributed by atoms with Crippen molar-refractivity contribution >= 4 is 61.2 Å². The van der Waals surface area contributed by atoms with Gasteiger partial charge in [0.2, 0.25) is 21.8 Å². The summed E-state index contributed by atoms with van der Waals surface area (Å²) in [5.74, 6) is -6.07. The van der Waals surface area contributed by atoms with E-state index < -0.39 is 88.6 Å². The van der Waals surface area contributed by atoms with E-state index in [1.54, 1.807) is 26.1 Å². The Bertz CT molecular complexity index is 2090. The fourth-order valence-corrected chi connectivity index (χ4v) is 5.98. The first-order valence-electron chi connectivity index (χ1n) is 18.3. The van der Waals surface area contributed by atoms with E-state index in [1.165, 1.54) is 32.2 Å². The number of anilines is 1. The van der Waals surface area contributed by atoms with Crippen LogP contribution in [-0.2, 0) is 30.8 Å². The second-order valence-electron chi connectivity index (χ2n) is 14.1. The number of carbonyl (C=O) groups is 5. The van der Waals surface area contributed by atoms with Gasteiger partial charge in [0.05, 0.1) is 24.0 Å². The summed E-state index contributed by atoms with van der Waals surface area (Å²) in [6.45, 7) is 4.96. The van der Waals surface area contributed by atoms with E-state index in [4.69, 9.17) is 9.90 Å². The van der Waals surface area contributed by atoms with Gasteiger partial charge in [-0.15, -0.1) is 0 Å². The molecular formula is C39H47BrF6N6O8S. The Balaban J connectivity index is 0.00000168. The Morgan fingerprint density at radius 3 is 1.79 bits per heavy atom. The number of amides is 4. The van der Waals surface area contributed by atoms with Gasteiger partial charge < -0.3 is 31.7 Å². The number of carboxylic acids is 1. The molecule has 0 saturated heterocycles. The Morgan fingerprint density at radius 2 is 1.31 bits per heavy atom. The zero-order chi connectivity index (χ0) is 46.5. The molecule has 0 aliphatic carbocycles. The number of aliphatic carboxylic acids is 1. The number of carbonyl (C=O) groups excluding carboxylic acids is 4. The molecule has 4 atom stereocenters. The fourth-order valence-electron chi connectivity index (χ4n) is 5.23. The van der Waals surface area contributed by atoms with E-state index in [0.29, 0.717) is 6.42 Å². The predicted octanol–water partition coefficient (Wildman–Crippen LogP) is 5.11. The molecule has 0 aliphatic heterocycles. The highest BCUT2D eigenvalue weighted by Gasteiger charge is 2.38. The highest BCUT2D eigenvalue weighted by atomic mass is 79.9. The quantitative estimate of drug-likeness (QED) is 0.0995. The lowest BCUT2D eigenvalue weighted by Crippen LogP contribution is -2.56. The Kier molecular flexibility index (Phi) is 19.2. The molecule has 22 heteroatoms. The van der Waals surface area contributed by atoms with Crippen molar-refractivity contribution in [1.82, 2.24) is 26.6 Å². The van der Waals surface area contributed by atoms with Gasteiger partial charge in [-0.05, 0) is 67.6 Å². The van der Waals surface area contributed by atoms with Crippen molar-refractivity contribution < 1.29 is 63.8 Å². The third-order valence-corrected chi connectivity index (χ3v) is 10.4. The molecule has 0 bridgehead atoms. The number of benzene rings is 3. The average molecular weight is 954 g/mol. The maximum absolute atomic E-state index is 13.9. The lowest BCUT2D eigenvalue weighted by molar-refractivity contribution is -0.192. The Morgan fingerprint density at radius 1 is 0.787 bits per heavy atom. The van der Waals surface area contributed by atoms with Crippen molar-refractivity contribution in [3.8, 4) is 0 Å². The minimum atomic E-state index is -5.08. The molecule has 3 aromatic rings. The fraction of sp³-hybridized carbons (Fsp3) is 0.410. The van der Waals surface area contributed by atoms with Gasteiger partial charge in [0.1, 0.15) is 12.6 Å². The maximum atomic E-state index is 13.9. The number of nitrogens with zero attached hydrogens (tertiary/aromatic N) is 1. The molecule has 4 amide bonds. The van der Waals surface area contributed by atoms with Crippen LogP contribution in [-0.4, -0.2) is 100.0 Å². The first-order valence-corrected chi connectivity index (χ1v) is 20.9. The van der Waals surface area contributed by atoms with Gasteiger partial charge in [-0.1, -0.05) is 72.2 Å². The van der Waals surface area contributed by atoms with Crippen molar-refractivity contribution in [2.75, 3.05) is 30.7 Å². The molecule has 3 rings (SSSR count). The molecule has 336 valence electrons. The molecule has 0 aromatic heterocycles. The molecule has 0 heterocycles. The monoisotopic (exact) mass is 952 g/mol. The highest BCUT2D eigenvalue weighted by molar-refractivity contribution is 9.10. The highest BCUT2D eigenvalue weighted by Crippen LogP contribution is 2.23. The standard InChI is InChI=1S/C37H46BrF3N6O6S.C2HF3O2/c1-22(2)32(36(51)43-21-37(39,40)41)46-33(48)24(4)42-20-30(16-25-10-8-7-9-11-25)45-35(50)28-17-27(18-31(19-28)47(5)54(6,52)53)34(49)44-23(3)26-12-14-29(38)15-13-26;3-2(4,5)1(6)7/h7-15,17-19,22-24,30,32,42H,16,20-21H2,1-6H3,(H,43,51)(H,44,49)(H,45,50)(H,46,48);(H,6,7)/t23-,24?,30+,32+;/m1./s1. The average Bonchev–Trinajstić information content (AvgIpc) is 3.17. The van der Waals surface area contributed by atoms with E-state index in [0.717, 1.165) is 26.2 Å². The van der Waals surface area contributed by atoms with Gasteiger partial charge in [-0.25, -0.2) is 13.2 Å². The van der Waals surface area contributed by atoms with E-state index >= 15 is 0 Å². The zero-order valence-corrected chi connectivity index (χ0v) is 36.1. The molecule has 0 saturated carbocycles. The lowest BCUT2D eigenvalue weighted by Gasteiger charge is -2.26. The van der Waals surface area contributed by atoms with Crippen molar-refractivity contribution in [2.45, 2.75) is 70.6 Å². The van der Waals surface area contributed by atoms with Crippen molar-refractivity contribution in [3.63, 3.8) is 0 Å². The van der Waals surface area contributed by atoms with Crippen LogP contribution in [0.5, 0.6) is 0 Å². The topological polar surface area (TPSA) is 203 Å². The van der Waals surface area contributed by atoms with Crippen LogP contribution in [0.2, 0.25) is 0 Å². The van der Waals surface area contributed by atoms with E-state index in [-0.39, 0.29) is 23.4 Å². The van der Waals surface area contributed by atoms with Gasteiger partial charge in [-0.3, -0.25) is 23.5 Å². The van der Waals surface area contributed by atoms with Crippen molar-refractivity contribution in [3.05, 3.63) is 99.5 Å². The van der Waals surface area contributed by atoms with Crippen LogP contribution in [0.1, 0.15) is 65.6 Å². The Labute approximate surface area is 357 Å². The third-order valence-electron chi connectivity index (χ3n) is 8.70. The normalized spacial score (nSPS) is 13.7. The molecule has 6 N–H and O–H groups in total. The van der Waals surface area contributed by atoms with Crippen LogP contribution in [0.4, 0.5) is 32.0 Å². The van der Waals surface area contributed by atoms with Gasteiger partial charge in [0, 0.05) is 35.2 Å². The first kappa shape index (κ1) is 51.9. The number of hydrogen-bond donors (Lipinski definition) is 6. The lowest BCUT2D eigenvalue weighted by atomic mass is 10.0. The van der Waals surface area contributed by atoms with Gasteiger partial charge >= 0.3 is 18.3 Å². The number of sulfonamides is 1. The molecule has 1 unspecified atom stereocenters. The second kappa shape index (κ2) is 22.6. The summed E-state index contributed by atoms with van der Waals surface area (Å²) in [7, 11) is -2.49. The van der Waals surface area contributed by atoms with Crippen LogP contribution in [0.3, 0.4) is 0 Å². The van der Waals surface area contributed by atoms with Crippen LogP contribution in [0.25, 0.3) is 0 Å². The van der Waals surface area contributed by atoms with Crippen LogP contribution in [0.15, 0.2) is 77.3 Å². The van der Waals surface area contributed by atoms with Crippen molar-refractivity contribution in [2.24, 2.45) is 5.92 Å². The summed E-state index contributed by atoms with van der Waals surface area (Å²) in [6, 6.07) is 17.3. The Hall–Kier alpha value is -5.22. The minimum Gasteiger partial charge on any atom is -0.475 e. The summed E-state index contributed by atoms with van der Waals surface area (Å²) in [6.07, 6.45) is -8.41. The maximum Gasteiger partial charge on any atom is 0.490 e. The molecule has 0 radical (unpaired) electrons. The first-order chi connectivity index (χ1) is 28.1. The molecule has 14 nitrogen and oxygen atoms in total. The summed E-state index contributed by atoms with van der Waals surface area (Å²) in [5, 5.41) is 20.3. The van der Waals surface area contributed by atoms with Gasteiger partial charge in [0.25, 0.3) is 11.8 Å². The van der Waals surface area contributed by atoms with Crippen LogP contribution >= 0.6 is 15.9 Å². The molecule has 0 aliphatic rings. The smallest absolute Gasteiger partial charge is 0.475 e. The minimum absolute atomic E-state index is 0.00191. The number of hydrogen-bond acceptors (Lipinski definition) is 8. The number of halogens is 7. The molecule has 0 fully saturated rings. The van der Waals surface area contributed by atoms with Crippen LogP contribution in [0, 0.1) is 5.92 Å². The number of rotatable bonds is 17. The second-order valence-corrected chi connectivity index (χ2v) is 17.0. The summed E-state index contributed by atoms with van der Waals surface area (Å²) in [4.78, 5) is 61.8. The number of nitrogens with one attached hydrogen (secondary N) is 5. The summed E-state index contributed by atoms with van der Waals surface area (Å²) in [5.41, 5.74) is 1.78. The van der Waals surface area contributed by atoms with E-state index in [1.807, 2.05) is 54.6 Å². The van der Waals surface area contributed by atoms with Crippen molar-refractivity contribution in [1.29, 1.82) is 0 Å². The zero-order valence-electron chi connectivity index (χ0n) is 33.7. The number of carboxylic acid groups (broad SMARTS) is 1. The molecule has 0 spiro atoms. The number of alkyl halides is 6. The molecular weight excluding hydrogens is 906 g/mol. The van der Waals surface area contributed by atoms with Crippen LogP contribution < -0.4 is 30.9 Å². The summed E-state index contributed by atoms with van der Waals surface area (Å²) >= 11 is 3.38. The molecule has 61 heavy (non-hydrogen) atoms. The van der Waals surface area contributed by atoms with E-state index in [9.17, 15) is 53.9 Å². The van der Waals surface area contributed by atoms with Gasteiger partial charge in [-0.2, -0.15) is 26.3 Å².